The van der Waals surface area contributed by atoms with Crippen molar-refractivity contribution in [2.45, 2.75) is 56.8 Å². The minimum absolute atomic E-state index is 0.113. The molecule has 0 bridgehead atoms. The van der Waals surface area contributed by atoms with E-state index in [9.17, 15) is 14.0 Å². The number of piperazine rings is 1. The van der Waals surface area contributed by atoms with E-state index in [2.05, 4.69) is 0 Å². The smallest absolute Gasteiger partial charge is 0.233 e. The van der Waals surface area contributed by atoms with E-state index < -0.39 is 5.41 Å². The second kappa shape index (κ2) is 7.61. The maximum Gasteiger partial charge on any atom is 0.233 e. The number of halogens is 1. The van der Waals surface area contributed by atoms with Crippen molar-refractivity contribution >= 4 is 11.8 Å². The Labute approximate surface area is 160 Å². The molecule has 0 N–H and O–H groups in total. The highest BCUT2D eigenvalue weighted by Crippen LogP contribution is 2.45. The zero-order chi connectivity index (χ0) is 18.9. The normalized spacial score (nSPS) is 22.6. The minimum Gasteiger partial charge on any atom is -0.339 e. The summed E-state index contributed by atoms with van der Waals surface area (Å²) >= 11 is 0. The van der Waals surface area contributed by atoms with Crippen LogP contribution in [-0.2, 0) is 15.0 Å². The molecule has 2 saturated carbocycles. The fourth-order valence-corrected chi connectivity index (χ4v) is 4.99. The third-order valence-corrected chi connectivity index (χ3v) is 6.85. The van der Waals surface area contributed by atoms with Crippen molar-refractivity contribution in [3.63, 3.8) is 0 Å². The summed E-state index contributed by atoms with van der Waals surface area (Å²) in [5, 5.41) is 0. The topological polar surface area (TPSA) is 40.6 Å². The number of carbonyl (C=O) groups excluding carboxylic acids is 2. The average Bonchev–Trinajstić information content (AvgIpc) is 3.14. The first-order valence-electron chi connectivity index (χ1n) is 10.4. The van der Waals surface area contributed by atoms with Crippen molar-refractivity contribution in [3.05, 3.63) is 35.6 Å². The molecule has 3 aliphatic rings. The van der Waals surface area contributed by atoms with Crippen molar-refractivity contribution in [2.24, 2.45) is 5.92 Å². The number of rotatable bonds is 4. The van der Waals surface area contributed by atoms with E-state index in [4.69, 9.17) is 0 Å². The summed E-state index contributed by atoms with van der Waals surface area (Å²) in [5.74, 6) is 0.636. The van der Waals surface area contributed by atoms with Gasteiger partial charge in [-0.05, 0) is 49.3 Å². The van der Waals surface area contributed by atoms with E-state index in [-0.39, 0.29) is 17.6 Å². The van der Waals surface area contributed by atoms with Gasteiger partial charge in [0.2, 0.25) is 11.8 Å². The largest absolute Gasteiger partial charge is 0.339 e. The van der Waals surface area contributed by atoms with Gasteiger partial charge in [-0.3, -0.25) is 9.59 Å². The van der Waals surface area contributed by atoms with Crippen LogP contribution in [-0.4, -0.2) is 47.8 Å². The van der Waals surface area contributed by atoms with Gasteiger partial charge in [0.05, 0.1) is 5.41 Å². The van der Waals surface area contributed by atoms with E-state index in [1.165, 1.54) is 37.8 Å². The van der Waals surface area contributed by atoms with E-state index in [0.29, 0.717) is 38.5 Å². The molecular formula is C22H29FN2O2. The molecule has 3 fully saturated rings. The minimum atomic E-state index is -0.557. The van der Waals surface area contributed by atoms with Crippen molar-refractivity contribution in [3.8, 4) is 0 Å². The van der Waals surface area contributed by atoms with Gasteiger partial charge < -0.3 is 9.80 Å². The van der Waals surface area contributed by atoms with E-state index in [1.807, 2.05) is 15.9 Å². The van der Waals surface area contributed by atoms with Crippen LogP contribution in [0.3, 0.4) is 0 Å². The average molecular weight is 372 g/mol. The van der Waals surface area contributed by atoms with Gasteiger partial charge in [-0.1, -0.05) is 31.4 Å². The Kier molecular flexibility index (Phi) is 5.20. The van der Waals surface area contributed by atoms with Crippen LogP contribution in [0.1, 0.15) is 56.9 Å². The molecule has 0 atom stereocenters. The highest BCUT2D eigenvalue weighted by Gasteiger charge is 2.48. The van der Waals surface area contributed by atoms with Crippen LogP contribution in [0.2, 0.25) is 0 Å². The second-order valence-electron chi connectivity index (χ2n) is 8.47. The summed E-state index contributed by atoms with van der Waals surface area (Å²) in [6.45, 7) is 2.42. The van der Waals surface area contributed by atoms with Gasteiger partial charge in [-0.25, -0.2) is 4.39 Å². The number of nitrogens with zero attached hydrogens (tertiary/aromatic N) is 2. The highest BCUT2D eigenvalue weighted by atomic mass is 19.1. The lowest BCUT2D eigenvalue weighted by Gasteiger charge is -2.46. The Bertz CT molecular complexity index is 702. The first kappa shape index (κ1) is 18.5. The summed E-state index contributed by atoms with van der Waals surface area (Å²) in [6.07, 6.45) is 8.11. The number of hydrogen-bond acceptors (Lipinski definition) is 2. The van der Waals surface area contributed by atoms with Gasteiger partial charge in [0.25, 0.3) is 0 Å². The van der Waals surface area contributed by atoms with E-state index in [1.54, 1.807) is 6.07 Å². The van der Waals surface area contributed by atoms with Crippen molar-refractivity contribution < 1.29 is 14.0 Å². The predicted octanol–water partition coefficient (Wildman–Crippen LogP) is 3.50. The van der Waals surface area contributed by atoms with Gasteiger partial charge in [-0.2, -0.15) is 0 Å². The molecule has 5 heteroatoms. The summed E-state index contributed by atoms with van der Waals surface area (Å²) in [7, 11) is 0. The molecular weight excluding hydrogens is 343 g/mol. The molecule has 1 heterocycles. The Morgan fingerprint density at radius 2 is 1.67 bits per heavy atom. The SMILES string of the molecule is O=C(CC1CCCC1)N1CCN(C(=O)C2(c3cccc(F)c3)CCC2)CC1. The van der Waals surface area contributed by atoms with Crippen molar-refractivity contribution in [1.82, 2.24) is 9.80 Å². The third kappa shape index (κ3) is 3.61. The molecule has 2 amide bonds. The molecule has 0 spiro atoms. The quantitative estimate of drug-likeness (QED) is 0.812. The summed E-state index contributed by atoms with van der Waals surface area (Å²) in [4.78, 5) is 29.6. The molecule has 4 rings (SSSR count). The molecule has 0 radical (unpaired) electrons. The molecule has 4 nitrogen and oxygen atoms in total. The third-order valence-electron chi connectivity index (χ3n) is 6.85. The van der Waals surface area contributed by atoms with Crippen LogP contribution in [0.4, 0.5) is 4.39 Å². The molecule has 1 saturated heterocycles. The lowest BCUT2D eigenvalue weighted by atomic mass is 9.63. The Balaban J connectivity index is 1.37. The standard InChI is InChI=1S/C22H29FN2O2/c23-19-8-3-7-18(16-19)22(9-4-10-22)21(27)25-13-11-24(12-14-25)20(26)15-17-5-1-2-6-17/h3,7-8,16-17H,1-2,4-6,9-15H2. The maximum atomic E-state index is 13.7. The first-order valence-corrected chi connectivity index (χ1v) is 10.4. The van der Waals surface area contributed by atoms with Gasteiger partial charge >= 0.3 is 0 Å². The summed E-state index contributed by atoms with van der Waals surface area (Å²) in [5.41, 5.74) is 0.247. The predicted molar refractivity (Wildman–Crippen MR) is 102 cm³/mol. The van der Waals surface area contributed by atoms with Gasteiger partial charge in [-0.15, -0.1) is 0 Å². The second-order valence-corrected chi connectivity index (χ2v) is 8.47. The van der Waals surface area contributed by atoms with Crippen LogP contribution in [0.15, 0.2) is 24.3 Å². The van der Waals surface area contributed by atoms with Gasteiger partial charge in [0, 0.05) is 32.6 Å². The zero-order valence-corrected chi connectivity index (χ0v) is 16.0. The molecule has 2 aliphatic carbocycles. The fourth-order valence-electron chi connectivity index (χ4n) is 4.99. The van der Waals surface area contributed by atoms with E-state index in [0.717, 1.165) is 24.8 Å². The van der Waals surface area contributed by atoms with Crippen molar-refractivity contribution in [2.75, 3.05) is 26.2 Å². The van der Waals surface area contributed by atoms with Gasteiger partial charge in [0.15, 0.2) is 0 Å². The molecule has 0 aromatic heterocycles. The Morgan fingerprint density at radius 1 is 1.00 bits per heavy atom. The van der Waals surface area contributed by atoms with Crippen molar-refractivity contribution in [1.29, 1.82) is 0 Å². The van der Waals surface area contributed by atoms with Crippen LogP contribution in [0.25, 0.3) is 0 Å². The number of benzene rings is 1. The maximum absolute atomic E-state index is 13.7. The first-order chi connectivity index (χ1) is 13.1. The summed E-state index contributed by atoms with van der Waals surface area (Å²) < 4.78 is 13.7. The van der Waals surface area contributed by atoms with Crippen LogP contribution in [0, 0.1) is 11.7 Å². The highest BCUT2D eigenvalue weighted by molar-refractivity contribution is 5.89. The molecule has 1 aromatic rings. The molecule has 0 unspecified atom stereocenters. The number of hydrogen-bond donors (Lipinski definition) is 0. The number of amides is 2. The summed E-state index contributed by atoms with van der Waals surface area (Å²) in [6, 6.07) is 6.51. The van der Waals surface area contributed by atoms with Crippen LogP contribution >= 0.6 is 0 Å². The van der Waals surface area contributed by atoms with Crippen LogP contribution in [0.5, 0.6) is 0 Å². The number of carbonyl (C=O) groups is 2. The van der Waals surface area contributed by atoms with E-state index >= 15 is 0 Å². The molecule has 27 heavy (non-hydrogen) atoms. The molecule has 1 aliphatic heterocycles. The molecule has 146 valence electrons. The lowest BCUT2D eigenvalue weighted by Crippen LogP contribution is -2.57. The molecule has 1 aromatic carbocycles. The monoisotopic (exact) mass is 372 g/mol. The zero-order valence-electron chi connectivity index (χ0n) is 16.0. The Hall–Kier alpha value is -1.91. The fraction of sp³-hybridized carbons (Fsp3) is 0.636. The lowest BCUT2D eigenvalue weighted by molar-refractivity contribution is -0.146. The Morgan fingerprint density at radius 3 is 2.26 bits per heavy atom. The van der Waals surface area contributed by atoms with Crippen LogP contribution < -0.4 is 0 Å². The van der Waals surface area contributed by atoms with Gasteiger partial charge in [0.1, 0.15) is 5.82 Å².